The molecule has 2 aliphatic rings. The molecular weight excluding hydrogens is 350 g/mol. The van der Waals surface area contributed by atoms with Crippen LogP contribution in [0.3, 0.4) is 0 Å². The molecule has 0 spiro atoms. The number of aliphatic imine (C=N–C) groups is 1. The van der Waals surface area contributed by atoms with E-state index in [1.807, 2.05) is 6.92 Å². The highest BCUT2D eigenvalue weighted by molar-refractivity contribution is 6.43. The van der Waals surface area contributed by atoms with E-state index in [0.717, 1.165) is 12.0 Å². The second-order valence-electron chi connectivity index (χ2n) is 5.90. The molecule has 0 aromatic heterocycles. The van der Waals surface area contributed by atoms with Crippen LogP contribution < -0.4 is 5.32 Å². The number of amides is 2. The van der Waals surface area contributed by atoms with E-state index in [-0.39, 0.29) is 25.0 Å². The van der Waals surface area contributed by atoms with E-state index in [1.165, 1.54) is 4.90 Å². The molecule has 8 nitrogen and oxygen atoms in total. The summed E-state index contributed by atoms with van der Waals surface area (Å²) >= 11 is 6.01. The number of carbonyl (C=O) groups is 3. The summed E-state index contributed by atoms with van der Waals surface area (Å²) in [5, 5.41) is 12.1. The zero-order valence-electron chi connectivity index (χ0n) is 14.2. The van der Waals surface area contributed by atoms with Crippen molar-refractivity contribution in [2.45, 2.75) is 45.3 Å². The molecule has 2 atom stereocenters. The number of piperidine rings is 1. The highest BCUT2D eigenvalue weighted by Crippen LogP contribution is 2.25. The number of carbonyl (C=O) groups excluding carboxylic acids is 2. The Morgan fingerprint density at radius 3 is 2.68 bits per heavy atom. The van der Waals surface area contributed by atoms with Crippen molar-refractivity contribution in [1.29, 1.82) is 0 Å². The number of rotatable bonds is 5. The molecule has 2 amide bonds. The van der Waals surface area contributed by atoms with Crippen LogP contribution in [0.4, 0.5) is 0 Å². The molecule has 0 aromatic rings. The number of hydrogen-bond acceptors (Lipinski definition) is 5. The molecule has 0 bridgehead atoms. The number of nitrogens with zero attached hydrogens (tertiary/aromatic N) is 2. The number of nitrogens with one attached hydrogen (secondary N) is 1. The Morgan fingerprint density at radius 2 is 2.12 bits per heavy atom. The Labute approximate surface area is 150 Å². The fourth-order valence-corrected chi connectivity index (χ4v) is 3.25. The van der Waals surface area contributed by atoms with Crippen molar-refractivity contribution in [2.75, 3.05) is 19.7 Å². The third-order valence-electron chi connectivity index (χ3n) is 4.32. The summed E-state index contributed by atoms with van der Waals surface area (Å²) in [6.07, 6.45) is 1.10. The second kappa shape index (κ2) is 8.44. The van der Waals surface area contributed by atoms with Gasteiger partial charge in [-0.25, -0.2) is 9.79 Å². The second-order valence-corrected chi connectivity index (χ2v) is 6.26. The van der Waals surface area contributed by atoms with Crippen LogP contribution in [0.1, 0.15) is 33.1 Å². The monoisotopic (exact) mass is 371 g/mol. The molecule has 2 heterocycles. The molecule has 1 saturated heterocycles. The van der Waals surface area contributed by atoms with Gasteiger partial charge in [-0.05, 0) is 25.3 Å². The van der Waals surface area contributed by atoms with Crippen LogP contribution in [-0.4, -0.2) is 65.3 Å². The van der Waals surface area contributed by atoms with Crippen molar-refractivity contribution >= 4 is 35.1 Å². The number of likely N-dealkylation sites (tertiary alicyclic amines) is 1. The van der Waals surface area contributed by atoms with Gasteiger partial charge < -0.3 is 20.1 Å². The lowest BCUT2D eigenvalue weighted by Crippen LogP contribution is -2.58. The fourth-order valence-electron chi connectivity index (χ4n) is 2.95. The first-order chi connectivity index (χ1) is 11.9. The first kappa shape index (κ1) is 19.4. The molecule has 138 valence electrons. The van der Waals surface area contributed by atoms with Gasteiger partial charge in [-0.2, -0.15) is 0 Å². The van der Waals surface area contributed by atoms with Gasteiger partial charge >= 0.3 is 11.9 Å². The fraction of sp³-hybridized carbons (Fsp3) is 0.625. The van der Waals surface area contributed by atoms with Crippen LogP contribution in [0.15, 0.2) is 15.7 Å². The van der Waals surface area contributed by atoms with Gasteiger partial charge in [-0.1, -0.05) is 18.5 Å². The average molecular weight is 372 g/mol. The smallest absolute Gasteiger partial charge is 0.394 e. The van der Waals surface area contributed by atoms with Gasteiger partial charge in [-0.3, -0.25) is 9.59 Å². The molecule has 25 heavy (non-hydrogen) atoms. The topological polar surface area (TPSA) is 108 Å². The quantitative estimate of drug-likeness (QED) is 0.551. The first-order valence-electron chi connectivity index (χ1n) is 8.27. The predicted octanol–water partition coefficient (Wildman–Crippen LogP) is 0.898. The largest absolute Gasteiger partial charge is 0.474 e. The molecular formula is C16H22ClN3O5. The minimum Gasteiger partial charge on any atom is -0.474 e. The van der Waals surface area contributed by atoms with Gasteiger partial charge in [-0.15, -0.1) is 0 Å². The van der Waals surface area contributed by atoms with E-state index in [4.69, 9.17) is 21.4 Å². The molecule has 0 saturated carbocycles. The average Bonchev–Trinajstić information content (AvgIpc) is 2.96. The summed E-state index contributed by atoms with van der Waals surface area (Å²) in [5.74, 6) is -2.77. The minimum absolute atomic E-state index is 0.121. The molecule has 0 aromatic carbocycles. The Bertz CT molecular complexity index is 631. The Morgan fingerprint density at radius 1 is 1.40 bits per heavy atom. The van der Waals surface area contributed by atoms with E-state index >= 15 is 0 Å². The van der Waals surface area contributed by atoms with Crippen molar-refractivity contribution in [2.24, 2.45) is 4.99 Å². The standard InChI is InChI=1S/C16H22ClN3O5/c1-3-9-7-11(18-13(9)17)14(21)19-10-5-6-20(15(22)16(23)24)8-12(10)25-4-2/h10,12H,3-8H2,1-2H3,(H,19,21)(H,23,24)/t10-,12+/m1/s1. The van der Waals surface area contributed by atoms with E-state index in [2.05, 4.69) is 10.3 Å². The van der Waals surface area contributed by atoms with Crippen molar-refractivity contribution in [1.82, 2.24) is 10.2 Å². The lowest BCUT2D eigenvalue weighted by molar-refractivity contribution is -0.158. The number of hydrogen-bond donors (Lipinski definition) is 2. The van der Waals surface area contributed by atoms with Crippen LogP contribution in [-0.2, 0) is 19.1 Å². The number of carboxylic acids is 1. The highest BCUT2D eigenvalue weighted by atomic mass is 35.5. The summed E-state index contributed by atoms with van der Waals surface area (Å²) in [5.41, 5.74) is 1.29. The van der Waals surface area contributed by atoms with Gasteiger partial charge in [0, 0.05) is 26.1 Å². The van der Waals surface area contributed by atoms with E-state index < -0.39 is 18.0 Å². The number of ether oxygens (including phenoxy) is 1. The van der Waals surface area contributed by atoms with Crippen LogP contribution in [0.5, 0.6) is 0 Å². The van der Waals surface area contributed by atoms with Crippen LogP contribution in [0, 0.1) is 0 Å². The number of halogens is 1. The summed E-state index contributed by atoms with van der Waals surface area (Å²) in [6.45, 7) is 4.50. The van der Waals surface area contributed by atoms with Crippen molar-refractivity contribution in [3.63, 3.8) is 0 Å². The molecule has 9 heteroatoms. The molecule has 1 fully saturated rings. The number of carboxylic acid groups (broad SMARTS) is 1. The number of allylic oxidation sites excluding steroid dienone is 1. The van der Waals surface area contributed by atoms with Crippen molar-refractivity contribution < 1.29 is 24.2 Å². The molecule has 0 aliphatic carbocycles. The zero-order valence-corrected chi connectivity index (χ0v) is 15.0. The molecule has 2 N–H and O–H groups in total. The first-order valence-corrected chi connectivity index (χ1v) is 8.64. The Balaban J connectivity index is 1.99. The molecule has 0 unspecified atom stereocenters. The summed E-state index contributed by atoms with van der Waals surface area (Å²) < 4.78 is 5.60. The number of aliphatic carboxylic acids is 1. The maximum absolute atomic E-state index is 12.4. The molecule has 0 radical (unpaired) electrons. The van der Waals surface area contributed by atoms with Crippen LogP contribution in [0.2, 0.25) is 0 Å². The van der Waals surface area contributed by atoms with Crippen LogP contribution >= 0.6 is 11.6 Å². The zero-order chi connectivity index (χ0) is 18.6. The van der Waals surface area contributed by atoms with Crippen molar-refractivity contribution in [3.8, 4) is 0 Å². The maximum Gasteiger partial charge on any atom is 0.394 e. The van der Waals surface area contributed by atoms with Crippen molar-refractivity contribution in [3.05, 3.63) is 10.7 Å². The van der Waals surface area contributed by atoms with Crippen LogP contribution in [0.25, 0.3) is 0 Å². The normalized spacial score (nSPS) is 23.5. The lowest BCUT2D eigenvalue weighted by Gasteiger charge is -2.37. The van der Waals surface area contributed by atoms with Gasteiger partial charge in [0.1, 0.15) is 10.9 Å². The van der Waals surface area contributed by atoms with Gasteiger partial charge in [0.05, 0.1) is 12.1 Å². The van der Waals surface area contributed by atoms with E-state index in [9.17, 15) is 14.4 Å². The minimum atomic E-state index is -1.49. The SMILES string of the molecule is CCO[C@H]1CN(C(=O)C(=O)O)CC[C@H]1NC(=O)C1=NC(Cl)=C(CC)C1. The van der Waals surface area contributed by atoms with E-state index in [1.54, 1.807) is 6.92 Å². The highest BCUT2D eigenvalue weighted by Gasteiger charge is 2.35. The lowest BCUT2D eigenvalue weighted by atomic mass is 10.0. The third kappa shape index (κ3) is 4.58. The summed E-state index contributed by atoms with van der Waals surface area (Å²) in [4.78, 5) is 40.3. The van der Waals surface area contributed by atoms with Gasteiger partial charge in [0.25, 0.3) is 5.91 Å². The Kier molecular flexibility index (Phi) is 6.55. The third-order valence-corrected chi connectivity index (χ3v) is 4.67. The maximum atomic E-state index is 12.4. The van der Waals surface area contributed by atoms with Gasteiger partial charge in [0.2, 0.25) is 0 Å². The summed E-state index contributed by atoms with van der Waals surface area (Å²) in [6, 6.07) is -0.322. The van der Waals surface area contributed by atoms with E-state index in [0.29, 0.717) is 30.3 Å². The predicted molar refractivity (Wildman–Crippen MR) is 91.4 cm³/mol. The molecule has 2 aliphatic heterocycles. The molecule has 2 rings (SSSR count). The van der Waals surface area contributed by atoms with Gasteiger partial charge in [0.15, 0.2) is 0 Å². The summed E-state index contributed by atoms with van der Waals surface area (Å²) in [7, 11) is 0. The Hall–Kier alpha value is -1.93.